The minimum absolute atomic E-state index is 0.0235. The summed E-state index contributed by atoms with van der Waals surface area (Å²) in [5.74, 6) is -1.23. The van der Waals surface area contributed by atoms with Crippen LogP contribution < -0.4 is 5.32 Å². The summed E-state index contributed by atoms with van der Waals surface area (Å²) in [6.07, 6.45) is 2.63. The summed E-state index contributed by atoms with van der Waals surface area (Å²) in [6.45, 7) is 3.23. The van der Waals surface area contributed by atoms with Gasteiger partial charge in [0.05, 0.1) is 0 Å². The molecule has 16 heavy (non-hydrogen) atoms. The van der Waals surface area contributed by atoms with Crippen LogP contribution in [0.4, 0.5) is 5.82 Å². The summed E-state index contributed by atoms with van der Waals surface area (Å²) in [6, 6.07) is 3.45. The lowest BCUT2D eigenvalue weighted by Gasteiger charge is -2.01. The first-order chi connectivity index (χ1) is 7.49. The lowest BCUT2D eigenvalue weighted by atomic mass is 10.3. The highest BCUT2D eigenvalue weighted by atomic mass is 16.4. The first kappa shape index (κ1) is 11.9. The van der Waals surface area contributed by atoms with E-state index in [2.05, 4.69) is 10.3 Å². The first-order valence-electron chi connectivity index (χ1n) is 4.64. The van der Waals surface area contributed by atoms with E-state index in [0.717, 1.165) is 11.6 Å². The topological polar surface area (TPSA) is 79.3 Å². The number of rotatable bonds is 3. The molecule has 1 amide bonds. The molecule has 0 unspecified atom stereocenters. The maximum Gasteiger partial charge on any atom is 0.331 e. The molecule has 0 radical (unpaired) electrons. The van der Waals surface area contributed by atoms with Crippen molar-refractivity contribution in [1.82, 2.24) is 4.98 Å². The number of anilines is 1. The molecule has 84 valence electrons. The largest absolute Gasteiger partial charge is 0.478 e. The number of nitrogens with one attached hydrogen (secondary N) is 1. The third kappa shape index (κ3) is 3.53. The number of carbonyl (C=O) groups is 2. The predicted octanol–water partition coefficient (Wildman–Crippen LogP) is 1.36. The molecule has 1 aromatic rings. The van der Waals surface area contributed by atoms with Gasteiger partial charge >= 0.3 is 5.97 Å². The highest BCUT2D eigenvalue weighted by molar-refractivity contribution is 6.03. The highest BCUT2D eigenvalue weighted by Gasteiger charge is 2.04. The van der Waals surface area contributed by atoms with E-state index in [0.29, 0.717) is 5.82 Å². The van der Waals surface area contributed by atoms with Gasteiger partial charge in [-0.1, -0.05) is 6.07 Å². The van der Waals surface area contributed by atoms with Gasteiger partial charge in [-0.25, -0.2) is 9.78 Å². The Bertz CT molecular complexity index is 435. The zero-order valence-electron chi connectivity index (χ0n) is 9.02. The Morgan fingerprint density at radius 1 is 1.44 bits per heavy atom. The lowest BCUT2D eigenvalue weighted by Crippen LogP contribution is -2.11. The van der Waals surface area contributed by atoms with E-state index in [-0.39, 0.29) is 5.57 Å². The van der Waals surface area contributed by atoms with E-state index in [1.165, 1.54) is 6.92 Å². The van der Waals surface area contributed by atoms with Crippen LogP contribution in [0.2, 0.25) is 0 Å². The van der Waals surface area contributed by atoms with Gasteiger partial charge in [0.15, 0.2) is 0 Å². The highest BCUT2D eigenvalue weighted by Crippen LogP contribution is 2.04. The maximum atomic E-state index is 11.3. The molecule has 0 saturated heterocycles. The van der Waals surface area contributed by atoms with E-state index in [1.807, 2.05) is 6.92 Å². The van der Waals surface area contributed by atoms with E-state index >= 15 is 0 Å². The van der Waals surface area contributed by atoms with Crippen molar-refractivity contribution in [2.75, 3.05) is 5.32 Å². The molecule has 0 atom stereocenters. The van der Waals surface area contributed by atoms with E-state index in [1.54, 1.807) is 18.3 Å². The minimum Gasteiger partial charge on any atom is -0.478 e. The van der Waals surface area contributed by atoms with Crippen LogP contribution in [0.15, 0.2) is 30.0 Å². The monoisotopic (exact) mass is 220 g/mol. The quantitative estimate of drug-likeness (QED) is 0.754. The van der Waals surface area contributed by atoms with E-state index in [4.69, 9.17) is 5.11 Å². The van der Waals surface area contributed by atoms with Crippen LogP contribution in [0.5, 0.6) is 0 Å². The number of carbonyl (C=O) groups excluding carboxylic acids is 1. The SMILES string of the molecule is C/C(=C\C(=O)Nc1ccc(C)cn1)C(=O)O. The molecule has 2 N–H and O–H groups in total. The number of nitrogens with zero attached hydrogens (tertiary/aromatic N) is 1. The van der Waals surface area contributed by atoms with Crippen LogP contribution in [-0.4, -0.2) is 22.0 Å². The van der Waals surface area contributed by atoms with E-state index < -0.39 is 11.9 Å². The number of aryl methyl sites for hydroxylation is 1. The molecule has 0 bridgehead atoms. The molecule has 0 spiro atoms. The van der Waals surface area contributed by atoms with Crippen molar-refractivity contribution in [3.63, 3.8) is 0 Å². The predicted molar refractivity (Wildman–Crippen MR) is 59.0 cm³/mol. The molecule has 5 nitrogen and oxygen atoms in total. The zero-order valence-corrected chi connectivity index (χ0v) is 9.02. The van der Waals surface area contributed by atoms with Crippen LogP contribution >= 0.6 is 0 Å². The van der Waals surface area contributed by atoms with Gasteiger partial charge in [-0.05, 0) is 25.5 Å². The number of hydrogen-bond acceptors (Lipinski definition) is 3. The second-order valence-electron chi connectivity index (χ2n) is 3.34. The first-order valence-corrected chi connectivity index (χ1v) is 4.64. The standard InChI is InChI=1S/C11H12N2O3/c1-7-3-4-9(12-6-7)13-10(14)5-8(2)11(15)16/h3-6H,1-2H3,(H,15,16)(H,12,13,14)/b8-5+. The van der Waals surface area contributed by atoms with Gasteiger partial charge in [-0.3, -0.25) is 4.79 Å². The average Bonchev–Trinajstić information content (AvgIpc) is 2.21. The van der Waals surface area contributed by atoms with Gasteiger partial charge in [0.1, 0.15) is 5.82 Å². The third-order valence-corrected chi connectivity index (χ3v) is 1.85. The van der Waals surface area contributed by atoms with Gasteiger partial charge in [0.25, 0.3) is 0 Å². The number of pyridine rings is 1. The molecule has 1 heterocycles. The van der Waals surface area contributed by atoms with Crippen molar-refractivity contribution in [1.29, 1.82) is 0 Å². The summed E-state index contributed by atoms with van der Waals surface area (Å²) in [4.78, 5) is 25.8. The van der Waals surface area contributed by atoms with Gasteiger partial charge in [-0.2, -0.15) is 0 Å². The Balaban J connectivity index is 2.68. The van der Waals surface area contributed by atoms with Gasteiger partial charge in [-0.15, -0.1) is 0 Å². The molecule has 5 heteroatoms. The third-order valence-electron chi connectivity index (χ3n) is 1.85. The molecule has 1 rings (SSSR count). The molecular weight excluding hydrogens is 208 g/mol. The molecule has 0 aliphatic heterocycles. The fraction of sp³-hybridized carbons (Fsp3) is 0.182. The Hall–Kier alpha value is -2.17. The molecule has 0 aliphatic rings. The van der Waals surface area contributed by atoms with Crippen LogP contribution in [0.3, 0.4) is 0 Å². The second kappa shape index (κ2) is 5.06. The summed E-state index contributed by atoms with van der Waals surface area (Å²) >= 11 is 0. The minimum atomic E-state index is -1.12. The van der Waals surface area contributed by atoms with Gasteiger partial charge in [0.2, 0.25) is 5.91 Å². The molecule has 0 aliphatic carbocycles. The van der Waals surface area contributed by atoms with Crippen molar-refractivity contribution in [2.24, 2.45) is 0 Å². The summed E-state index contributed by atoms with van der Waals surface area (Å²) < 4.78 is 0. The van der Waals surface area contributed by atoms with Crippen LogP contribution in [-0.2, 0) is 9.59 Å². The maximum absolute atomic E-state index is 11.3. The summed E-state index contributed by atoms with van der Waals surface area (Å²) in [5, 5.41) is 11.0. The van der Waals surface area contributed by atoms with E-state index in [9.17, 15) is 9.59 Å². The zero-order chi connectivity index (χ0) is 12.1. The number of amides is 1. The lowest BCUT2D eigenvalue weighted by molar-refractivity contribution is -0.132. The molecule has 0 saturated carbocycles. The fourth-order valence-electron chi connectivity index (χ4n) is 0.962. The van der Waals surface area contributed by atoms with Crippen molar-refractivity contribution in [2.45, 2.75) is 13.8 Å². The van der Waals surface area contributed by atoms with Crippen molar-refractivity contribution in [3.05, 3.63) is 35.5 Å². The number of aliphatic carboxylic acids is 1. The normalized spacial score (nSPS) is 11.0. The van der Waals surface area contributed by atoms with Gasteiger partial charge < -0.3 is 10.4 Å². The Morgan fingerprint density at radius 2 is 2.12 bits per heavy atom. The summed E-state index contributed by atoms with van der Waals surface area (Å²) in [5.41, 5.74) is 0.958. The number of carboxylic acids is 1. The molecular formula is C11H12N2O3. The van der Waals surface area contributed by atoms with Crippen molar-refractivity contribution >= 4 is 17.7 Å². The summed E-state index contributed by atoms with van der Waals surface area (Å²) in [7, 11) is 0. The molecule has 0 aromatic carbocycles. The Morgan fingerprint density at radius 3 is 2.62 bits per heavy atom. The molecule has 0 fully saturated rings. The van der Waals surface area contributed by atoms with Gasteiger partial charge in [0, 0.05) is 17.8 Å². The smallest absolute Gasteiger partial charge is 0.331 e. The second-order valence-corrected chi connectivity index (χ2v) is 3.34. The molecule has 1 aromatic heterocycles. The van der Waals surface area contributed by atoms with Crippen LogP contribution in [0.1, 0.15) is 12.5 Å². The van der Waals surface area contributed by atoms with Crippen LogP contribution in [0.25, 0.3) is 0 Å². The number of carboxylic acid groups (broad SMARTS) is 1. The number of aromatic nitrogens is 1. The van der Waals surface area contributed by atoms with Crippen molar-refractivity contribution < 1.29 is 14.7 Å². The average molecular weight is 220 g/mol. The Kier molecular flexibility index (Phi) is 3.77. The van der Waals surface area contributed by atoms with Crippen LogP contribution in [0, 0.1) is 6.92 Å². The fourth-order valence-corrected chi connectivity index (χ4v) is 0.962. The van der Waals surface area contributed by atoms with Crippen molar-refractivity contribution in [3.8, 4) is 0 Å². The Labute approximate surface area is 92.8 Å². The number of hydrogen-bond donors (Lipinski definition) is 2.